The van der Waals surface area contributed by atoms with E-state index in [0.717, 1.165) is 6.42 Å². The van der Waals surface area contributed by atoms with E-state index in [1.807, 2.05) is 0 Å². The number of rotatable bonds is 5. The Labute approximate surface area is 98.9 Å². The summed E-state index contributed by atoms with van der Waals surface area (Å²) < 4.78 is 0. The second kappa shape index (κ2) is 5.67. The third-order valence-corrected chi connectivity index (χ3v) is 2.56. The summed E-state index contributed by atoms with van der Waals surface area (Å²) in [6.07, 6.45) is 0.778. The van der Waals surface area contributed by atoms with E-state index in [9.17, 15) is 10.1 Å². The van der Waals surface area contributed by atoms with Crippen molar-refractivity contribution in [3.05, 3.63) is 33.3 Å². The molecule has 0 saturated heterocycles. The summed E-state index contributed by atoms with van der Waals surface area (Å²) in [4.78, 5) is 12.2. The predicted octanol–water partition coefficient (Wildman–Crippen LogP) is 2.03. The van der Waals surface area contributed by atoms with Gasteiger partial charge < -0.3 is 10.6 Å². The van der Waals surface area contributed by atoms with Crippen molar-refractivity contribution < 1.29 is 4.92 Å². The average Bonchev–Trinajstić information content (AvgIpc) is 2.24. The van der Waals surface area contributed by atoms with Gasteiger partial charge in [-0.15, -0.1) is 0 Å². The molecule has 0 atom stereocenters. The Balaban J connectivity index is 3.02. The predicted molar refractivity (Wildman–Crippen MR) is 65.0 cm³/mol. The van der Waals surface area contributed by atoms with Crippen LogP contribution in [0.1, 0.15) is 6.42 Å². The molecule has 0 unspecified atom stereocenters. The van der Waals surface area contributed by atoms with Crippen LogP contribution < -0.4 is 10.6 Å². The number of para-hydroxylation sites is 1. The maximum atomic E-state index is 10.9. The Morgan fingerprint density at radius 3 is 2.81 bits per heavy atom. The van der Waals surface area contributed by atoms with Crippen LogP contribution in [0.5, 0.6) is 0 Å². The Morgan fingerprint density at radius 1 is 1.56 bits per heavy atom. The Morgan fingerprint density at radius 2 is 2.25 bits per heavy atom. The number of nitrogens with zero attached hydrogens (tertiary/aromatic N) is 2. The summed E-state index contributed by atoms with van der Waals surface area (Å²) in [6.45, 7) is 1.22. The minimum Gasteiger partial charge on any atom is -0.369 e. The van der Waals surface area contributed by atoms with Crippen molar-refractivity contribution in [2.24, 2.45) is 5.73 Å². The van der Waals surface area contributed by atoms with Gasteiger partial charge in [0.1, 0.15) is 10.7 Å². The molecular formula is C10H14ClN3O2. The molecule has 5 nitrogen and oxygen atoms in total. The molecule has 0 aromatic heterocycles. The topological polar surface area (TPSA) is 72.4 Å². The number of benzene rings is 1. The van der Waals surface area contributed by atoms with Gasteiger partial charge >= 0.3 is 5.69 Å². The fourth-order valence-corrected chi connectivity index (χ4v) is 1.68. The van der Waals surface area contributed by atoms with Crippen LogP contribution in [0.25, 0.3) is 0 Å². The second-order valence-electron chi connectivity index (χ2n) is 3.43. The quantitative estimate of drug-likeness (QED) is 0.634. The van der Waals surface area contributed by atoms with E-state index in [-0.39, 0.29) is 10.7 Å². The molecule has 0 aliphatic carbocycles. The summed E-state index contributed by atoms with van der Waals surface area (Å²) in [5.74, 6) is 0. The SMILES string of the molecule is CN(CCCN)c1cccc(Cl)c1[N+](=O)[O-]. The van der Waals surface area contributed by atoms with Crippen LogP contribution >= 0.6 is 11.6 Å². The first-order valence-corrected chi connectivity index (χ1v) is 5.30. The summed E-state index contributed by atoms with van der Waals surface area (Å²) in [7, 11) is 1.79. The lowest BCUT2D eigenvalue weighted by Crippen LogP contribution is -2.21. The first-order chi connectivity index (χ1) is 7.57. The summed E-state index contributed by atoms with van der Waals surface area (Å²) in [6, 6.07) is 4.89. The van der Waals surface area contributed by atoms with Crippen molar-refractivity contribution >= 4 is 23.0 Å². The smallest absolute Gasteiger partial charge is 0.310 e. The Hall–Kier alpha value is -1.33. The molecule has 0 aliphatic heterocycles. The van der Waals surface area contributed by atoms with Crippen LogP contribution in [0, 0.1) is 10.1 Å². The molecule has 0 bridgehead atoms. The van der Waals surface area contributed by atoms with E-state index < -0.39 is 4.92 Å². The van der Waals surface area contributed by atoms with E-state index >= 15 is 0 Å². The molecule has 16 heavy (non-hydrogen) atoms. The van der Waals surface area contributed by atoms with Crippen molar-refractivity contribution in [2.75, 3.05) is 25.0 Å². The maximum Gasteiger partial charge on any atom is 0.310 e. The fraction of sp³-hybridized carbons (Fsp3) is 0.400. The number of nitro benzene ring substituents is 1. The van der Waals surface area contributed by atoms with Gasteiger partial charge in [-0.25, -0.2) is 0 Å². The second-order valence-corrected chi connectivity index (χ2v) is 3.84. The molecule has 0 saturated carbocycles. The maximum absolute atomic E-state index is 10.9. The molecule has 88 valence electrons. The molecule has 1 rings (SSSR count). The van der Waals surface area contributed by atoms with E-state index in [1.165, 1.54) is 6.07 Å². The normalized spacial score (nSPS) is 10.2. The van der Waals surface area contributed by atoms with Crippen LogP contribution in [0.3, 0.4) is 0 Å². The number of hydrogen-bond acceptors (Lipinski definition) is 4. The average molecular weight is 244 g/mol. The number of nitrogens with two attached hydrogens (primary N) is 1. The zero-order chi connectivity index (χ0) is 12.1. The van der Waals surface area contributed by atoms with Crippen LogP contribution in [0.15, 0.2) is 18.2 Å². The molecule has 0 spiro atoms. The van der Waals surface area contributed by atoms with Gasteiger partial charge in [-0.1, -0.05) is 17.7 Å². The van der Waals surface area contributed by atoms with Crippen molar-refractivity contribution in [2.45, 2.75) is 6.42 Å². The summed E-state index contributed by atoms with van der Waals surface area (Å²) >= 11 is 5.81. The highest BCUT2D eigenvalue weighted by Gasteiger charge is 2.20. The number of nitro groups is 1. The molecular weight excluding hydrogens is 230 g/mol. The lowest BCUT2D eigenvalue weighted by atomic mass is 10.2. The van der Waals surface area contributed by atoms with Crippen LogP contribution in [-0.4, -0.2) is 25.1 Å². The summed E-state index contributed by atoms with van der Waals surface area (Å²) in [5.41, 5.74) is 5.86. The van der Waals surface area contributed by atoms with Crippen LogP contribution in [0.4, 0.5) is 11.4 Å². The van der Waals surface area contributed by atoms with E-state index in [2.05, 4.69) is 0 Å². The zero-order valence-electron chi connectivity index (χ0n) is 9.02. The van der Waals surface area contributed by atoms with Gasteiger partial charge in [0.25, 0.3) is 0 Å². The van der Waals surface area contributed by atoms with Gasteiger partial charge in [0.15, 0.2) is 0 Å². The molecule has 2 N–H and O–H groups in total. The molecule has 0 aliphatic rings. The molecule has 6 heteroatoms. The number of halogens is 1. The van der Waals surface area contributed by atoms with Crippen molar-refractivity contribution in [3.63, 3.8) is 0 Å². The fourth-order valence-electron chi connectivity index (χ4n) is 1.44. The lowest BCUT2D eigenvalue weighted by Gasteiger charge is -2.18. The van der Waals surface area contributed by atoms with Gasteiger partial charge in [0, 0.05) is 13.6 Å². The molecule has 1 aromatic rings. The highest BCUT2D eigenvalue weighted by atomic mass is 35.5. The lowest BCUT2D eigenvalue weighted by molar-refractivity contribution is -0.384. The van der Waals surface area contributed by atoms with Crippen LogP contribution in [-0.2, 0) is 0 Å². The third-order valence-electron chi connectivity index (χ3n) is 2.26. The minimum atomic E-state index is -0.462. The minimum absolute atomic E-state index is 0.0521. The van der Waals surface area contributed by atoms with E-state index in [0.29, 0.717) is 18.8 Å². The summed E-state index contributed by atoms with van der Waals surface area (Å²) in [5, 5.41) is 11.0. The highest BCUT2D eigenvalue weighted by molar-refractivity contribution is 6.33. The van der Waals surface area contributed by atoms with Gasteiger partial charge in [-0.3, -0.25) is 10.1 Å². The molecule has 0 radical (unpaired) electrons. The van der Waals surface area contributed by atoms with Crippen molar-refractivity contribution in [3.8, 4) is 0 Å². The van der Waals surface area contributed by atoms with Gasteiger partial charge in [-0.05, 0) is 25.1 Å². The zero-order valence-corrected chi connectivity index (χ0v) is 9.78. The van der Waals surface area contributed by atoms with Crippen molar-refractivity contribution in [1.82, 2.24) is 0 Å². The molecule has 0 amide bonds. The van der Waals surface area contributed by atoms with Crippen molar-refractivity contribution in [1.29, 1.82) is 0 Å². The first kappa shape index (κ1) is 12.7. The standard InChI is InChI=1S/C10H14ClN3O2/c1-13(7-3-6-12)9-5-2-4-8(11)10(9)14(15)16/h2,4-5H,3,6-7,12H2,1H3. The van der Waals surface area contributed by atoms with Gasteiger partial charge in [0.2, 0.25) is 0 Å². The number of hydrogen-bond donors (Lipinski definition) is 1. The molecule has 0 fully saturated rings. The van der Waals surface area contributed by atoms with Gasteiger partial charge in [0.05, 0.1) is 4.92 Å². The van der Waals surface area contributed by atoms with Crippen LogP contribution in [0.2, 0.25) is 5.02 Å². The largest absolute Gasteiger partial charge is 0.369 e. The number of anilines is 1. The van der Waals surface area contributed by atoms with E-state index in [1.54, 1.807) is 24.1 Å². The third kappa shape index (κ3) is 2.84. The molecule has 1 aromatic carbocycles. The molecule has 0 heterocycles. The Kier molecular flexibility index (Phi) is 4.52. The van der Waals surface area contributed by atoms with Gasteiger partial charge in [-0.2, -0.15) is 0 Å². The first-order valence-electron chi connectivity index (χ1n) is 4.92. The Bertz CT molecular complexity index is 384. The highest BCUT2D eigenvalue weighted by Crippen LogP contribution is 2.34. The van der Waals surface area contributed by atoms with E-state index in [4.69, 9.17) is 17.3 Å². The monoisotopic (exact) mass is 243 g/mol.